The minimum Gasteiger partial charge on any atom is -0.383 e. The first kappa shape index (κ1) is 26.4. The fourth-order valence-corrected chi connectivity index (χ4v) is 5.64. The molecule has 5 N–H and O–H groups in total. The summed E-state index contributed by atoms with van der Waals surface area (Å²) in [4.78, 5) is 31.0. The number of nitrogens with two attached hydrogens (primary N) is 2. The Morgan fingerprint density at radius 1 is 1.18 bits per heavy atom. The number of nitrogens with one attached hydrogen (secondary N) is 1. The molecule has 3 amide bonds. The van der Waals surface area contributed by atoms with E-state index in [-0.39, 0.29) is 18.1 Å². The van der Waals surface area contributed by atoms with Crippen LogP contribution in [0.15, 0.2) is 54.0 Å². The number of piperazine rings is 1. The first-order valence-electron chi connectivity index (χ1n) is 11.7. The van der Waals surface area contributed by atoms with E-state index in [9.17, 15) is 27.2 Å². The zero-order valence-electron chi connectivity index (χ0n) is 20.3. The van der Waals surface area contributed by atoms with Crippen molar-refractivity contribution in [1.29, 1.82) is 0 Å². The Bertz CT molecular complexity index is 1570. The van der Waals surface area contributed by atoms with Crippen LogP contribution in [0.3, 0.4) is 0 Å². The number of rotatable bonds is 5. The summed E-state index contributed by atoms with van der Waals surface area (Å²) in [6, 6.07) is 6.83. The van der Waals surface area contributed by atoms with Crippen molar-refractivity contribution in [3.05, 3.63) is 71.0 Å². The van der Waals surface area contributed by atoms with Gasteiger partial charge in [0.1, 0.15) is 11.6 Å². The minimum atomic E-state index is -4.73. The van der Waals surface area contributed by atoms with Crippen molar-refractivity contribution in [2.75, 3.05) is 30.3 Å². The van der Waals surface area contributed by atoms with Gasteiger partial charge in [0.15, 0.2) is 0 Å². The molecule has 13 heteroatoms. The highest BCUT2D eigenvalue weighted by molar-refractivity contribution is 7.18. The van der Waals surface area contributed by atoms with E-state index < -0.39 is 29.3 Å². The van der Waals surface area contributed by atoms with Crippen molar-refractivity contribution in [3.63, 3.8) is 0 Å². The van der Waals surface area contributed by atoms with Crippen molar-refractivity contribution in [3.8, 4) is 11.1 Å². The van der Waals surface area contributed by atoms with Crippen LogP contribution in [0.2, 0.25) is 0 Å². The summed E-state index contributed by atoms with van der Waals surface area (Å²) in [5.74, 6) is -0.759. The summed E-state index contributed by atoms with van der Waals surface area (Å²) in [5, 5.41) is 5.42. The van der Waals surface area contributed by atoms with Crippen molar-refractivity contribution < 1.29 is 27.2 Å². The number of pyridine rings is 1. The predicted molar refractivity (Wildman–Crippen MR) is 141 cm³/mol. The molecule has 0 radical (unpaired) electrons. The number of aromatic nitrogens is 1. The summed E-state index contributed by atoms with van der Waals surface area (Å²) in [7, 11) is 0. The number of amides is 3. The molecule has 0 atom stereocenters. The lowest BCUT2D eigenvalue weighted by Crippen LogP contribution is -2.47. The Kier molecular flexibility index (Phi) is 6.87. The van der Waals surface area contributed by atoms with Gasteiger partial charge in [-0.15, -0.1) is 11.3 Å². The van der Waals surface area contributed by atoms with Gasteiger partial charge in [-0.05, 0) is 41.3 Å². The molecule has 3 heterocycles. The number of thiophene rings is 1. The lowest BCUT2D eigenvalue weighted by Gasteiger charge is -2.26. The van der Waals surface area contributed by atoms with E-state index in [1.54, 1.807) is 18.3 Å². The molecule has 1 aliphatic rings. The van der Waals surface area contributed by atoms with Crippen LogP contribution in [0.5, 0.6) is 0 Å². The predicted octanol–water partition coefficient (Wildman–Crippen LogP) is 4.85. The Morgan fingerprint density at radius 2 is 1.92 bits per heavy atom. The highest BCUT2D eigenvalue weighted by atomic mass is 32.1. The van der Waals surface area contributed by atoms with Gasteiger partial charge in [-0.3, -0.25) is 14.6 Å². The number of nitrogens with zero attached hydrogens (tertiary/aromatic N) is 3. The molecule has 0 aliphatic carbocycles. The Balaban J connectivity index is 1.49. The van der Waals surface area contributed by atoms with Gasteiger partial charge >= 0.3 is 12.2 Å². The number of nitrogen functional groups attached to an aromatic ring is 1. The number of anilines is 3. The van der Waals surface area contributed by atoms with Crippen LogP contribution in [-0.2, 0) is 17.5 Å². The molecule has 0 spiro atoms. The highest BCUT2D eigenvalue weighted by Crippen LogP contribution is 2.40. The van der Waals surface area contributed by atoms with Gasteiger partial charge in [-0.2, -0.15) is 13.2 Å². The van der Waals surface area contributed by atoms with Gasteiger partial charge in [0.2, 0.25) is 5.91 Å². The second-order valence-corrected chi connectivity index (χ2v) is 9.85. The van der Waals surface area contributed by atoms with Crippen molar-refractivity contribution in [2.45, 2.75) is 12.7 Å². The fourth-order valence-electron chi connectivity index (χ4n) is 4.55. The average molecular weight is 559 g/mol. The SMILES string of the molecule is NC(=O)N(c1ccc(-c2csc3c(CN4CCNC(=O)C4)cnc(N)c23)cc1)c1cc(C(F)(F)F)ccc1F. The molecule has 0 bridgehead atoms. The van der Waals surface area contributed by atoms with Crippen LogP contribution in [0.4, 0.5) is 39.5 Å². The highest BCUT2D eigenvalue weighted by Gasteiger charge is 2.32. The third-order valence-electron chi connectivity index (χ3n) is 6.38. The number of urea groups is 1. The molecule has 202 valence electrons. The van der Waals surface area contributed by atoms with E-state index >= 15 is 0 Å². The maximum Gasteiger partial charge on any atom is 0.416 e. The van der Waals surface area contributed by atoms with Crippen LogP contribution < -0.4 is 21.7 Å². The van der Waals surface area contributed by atoms with E-state index in [2.05, 4.69) is 10.3 Å². The molecule has 1 fully saturated rings. The number of benzene rings is 2. The number of primary amides is 1. The van der Waals surface area contributed by atoms with Crippen molar-refractivity contribution in [2.24, 2.45) is 5.73 Å². The van der Waals surface area contributed by atoms with Gasteiger partial charge in [-0.1, -0.05) is 12.1 Å². The van der Waals surface area contributed by atoms with Crippen LogP contribution in [0, 0.1) is 5.82 Å². The molecule has 39 heavy (non-hydrogen) atoms. The Labute approximate surface area is 223 Å². The summed E-state index contributed by atoms with van der Waals surface area (Å²) in [6.07, 6.45) is -3.04. The number of hydrogen-bond donors (Lipinski definition) is 3. The third-order valence-corrected chi connectivity index (χ3v) is 7.44. The van der Waals surface area contributed by atoms with E-state index in [0.29, 0.717) is 54.1 Å². The summed E-state index contributed by atoms with van der Waals surface area (Å²) in [5.41, 5.74) is 12.4. The van der Waals surface area contributed by atoms with Crippen molar-refractivity contribution in [1.82, 2.24) is 15.2 Å². The summed E-state index contributed by atoms with van der Waals surface area (Å²) >= 11 is 1.47. The smallest absolute Gasteiger partial charge is 0.383 e. The third kappa shape index (κ3) is 5.22. The normalized spacial score (nSPS) is 14.4. The molecule has 0 unspecified atom stereocenters. The van der Waals surface area contributed by atoms with E-state index in [1.165, 1.54) is 23.5 Å². The number of fused-ring (bicyclic) bond motifs is 1. The molecule has 5 rings (SSSR count). The minimum absolute atomic E-state index is 0.0390. The molecule has 2 aromatic carbocycles. The Morgan fingerprint density at radius 3 is 2.59 bits per heavy atom. The van der Waals surface area contributed by atoms with Crippen molar-refractivity contribution >= 4 is 50.6 Å². The number of hydrogen-bond acceptors (Lipinski definition) is 6. The number of carbonyl (C=O) groups excluding carboxylic acids is 2. The lowest BCUT2D eigenvalue weighted by atomic mass is 10.0. The molecule has 1 saturated heterocycles. The molecular formula is C26H22F4N6O2S. The lowest BCUT2D eigenvalue weighted by molar-refractivity contribution is -0.137. The number of carbonyl (C=O) groups is 2. The monoisotopic (exact) mass is 558 g/mol. The molecule has 0 saturated carbocycles. The standard InChI is InChI=1S/C26H22F4N6O2S/c27-19-6-3-16(26(28,29)30)9-20(19)36(25(32)38)17-4-1-14(2-5-17)18-13-39-23-15(10-34-24(31)22(18)23)11-35-8-7-33-21(37)12-35/h1-6,9-10,13H,7-8,11-12H2,(H2,31,34)(H2,32,38)(H,33,37). The zero-order valence-corrected chi connectivity index (χ0v) is 21.1. The largest absolute Gasteiger partial charge is 0.416 e. The average Bonchev–Trinajstić information content (AvgIpc) is 3.33. The maximum absolute atomic E-state index is 14.5. The molecule has 8 nitrogen and oxygen atoms in total. The first-order chi connectivity index (χ1) is 18.5. The van der Waals surface area contributed by atoms with Gasteiger partial charge < -0.3 is 16.8 Å². The summed E-state index contributed by atoms with van der Waals surface area (Å²) < 4.78 is 55.1. The maximum atomic E-state index is 14.5. The van der Waals surface area contributed by atoms with Gasteiger partial charge in [-0.25, -0.2) is 14.2 Å². The van der Waals surface area contributed by atoms with E-state index in [0.717, 1.165) is 21.2 Å². The fraction of sp³-hybridized carbons (Fsp3) is 0.192. The molecule has 2 aromatic heterocycles. The summed E-state index contributed by atoms with van der Waals surface area (Å²) in [6.45, 7) is 2.08. The van der Waals surface area contributed by atoms with Crippen LogP contribution in [0.1, 0.15) is 11.1 Å². The van der Waals surface area contributed by atoms with Gasteiger partial charge in [0, 0.05) is 47.0 Å². The second kappa shape index (κ2) is 10.2. The first-order valence-corrected chi connectivity index (χ1v) is 12.6. The quantitative estimate of drug-likeness (QED) is 0.303. The van der Waals surface area contributed by atoms with Gasteiger partial charge in [0.25, 0.3) is 0 Å². The number of halogens is 4. The van der Waals surface area contributed by atoms with E-state index in [4.69, 9.17) is 11.5 Å². The Hall–Kier alpha value is -4.23. The molecule has 4 aromatic rings. The van der Waals surface area contributed by atoms with Crippen LogP contribution in [-0.4, -0.2) is 41.5 Å². The number of alkyl halides is 3. The second-order valence-electron chi connectivity index (χ2n) is 8.97. The van der Waals surface area contributed by atoms with Gasteiger partial charge in [0.05, 0.1) is 23.5 Å². The van der Waals surface area contributed by atoms with Crippen LogP contribution >= 0.6 is 11.3 Å². The topological polar surface area (TPSA) is 118 Å². The molecular weight excluding hydrogens is 536 g/mol. The molecule has 1 aliphatic heterocycles. The van der Waals surface area contributed by atoms with E-state index in [1.807, 2.05) is 10.3 Å². The van der Waals surface area contributed by atoms with Crippen LogP contribution in [0.25, 0.3) is 21.2 Å². The zero-order chi connectivity index (χ0) is 27.9.